The second-order valence-corrected chi connectivity index (χ2v) is 7.99. The molecule has 0 bridgehead atoms. The van der Waals surface area contributed by atoms with Crippen molar-refractivity contribution in [1.82, 2.24) is 5.32 Å². The number of hydrogen-bond donors (Lipinski definition) is 1. The molecule has 0 aliphatic heterocycles. The fourth-order valence-corrected chi connectivity index (χ4v) is 5.50. The van der Waals surface area contributed by atoms with Crippen molar-refractivity contribution in [2.75, 3.05) is 6.54 Å². The van der Waals surface area contributed by atoms with E-state index in [1.54, 1.807) is 0 Å². The van der Waals surface area contributed by atoms with Crippen LogP contribution in [0.25, 0.3) is 0 Å². The highest BCUT2D eigenvalue weighted by Gasteiger charge is 2.34. The van der Waals surface area contributed by atoms with E-state index in [1.165, 1.54) is 63.4 Å². The minimum atomic E-state index is 0.748. The molecular formula is C19H31NS. The maximum absolute atomic E-state index is 3.81. The molecule has 0 saturated heterocycles. The van der Waals surface area contributed by atoms with Gasteiger partial charge in [-0.2, -0.15) is 11.3 Å². The summed E-state index contributed by atoms with van der Waals surface area (Å²) < 4.78 is 0. The van der Waals surface area contributed by atoms with Crippen molar-refractivity contribution in [1.29, 1.82) is 0 Å². The van der Waals surface area contributed by atoms with Gasteiger partial charge in [0.05, 0.1) is 0 Å². The molecule has 1 nitrogen and oxygen atoms in total. The Hall–Kier alpha value is -0.340. The summed E-state index contributed by atoms with van der Waals surface area (Å²) in [6, 6.07) is 3.05. The molecule has 2 fully saturated rings. The van der Waals surface area contributed by atoms with Crippen LogP contribution in [-0.2, 0) is 6.42 Å². The van der Waals surface area contributed by atoms with Gasteiger partial charge in [-0.15, -0.1) is 0 Å². The summed E-state index contributed by atoms with van der Waals surface area (Å²) >= 11 is 1.83. The molecule has 2 saturated carbocycles. The first-order valence-electron chi connectivity index (χ1n) is 9.11. The predicted octanol–water partition coefficient (Wildman–Crippen LogP) is 5.27. The molecule has 1 N–H and O–H groups in total. The topological polar surface area (TPSA) is 12.0 Å². The van der Waals surface area contributed by atoms with Gasteiger partial charge in [-0.05, 0) is 78.8 Å². The monoisotopic (exact) mass is 305 g/mol. The normalized spacial score (nSPS) is 30.8. The van der Waals surface area contributed by atoms with E-state index in [0.29, 0.717) is 0 Å². The molecule has 0 aromatic carbocycles. The summed E-state index contributed by atoms with van der Waals surface area (Å²) in [6.07, 6.45) is 13.1. The van der Waals surface area contributed by atoms with Gasteiger partial charge in [-0.25, -0.2) is 0 Å². The van der Waals surface area contributed by atoms with Crippen LogP contribution in [0.15, 0.2) is 16.8 Å². The van der Waals surface area contributed by atoms with E-state index in [1.807, 2.05) is 11.3 Å². The van der Waals surface area contributed by atoms with E-state index < -0.39 is 0 Å². The van der Waals surface area contributed by atoms with E-state index in [0.717, 1.165) is 30.3 Å². The second kappa shape index (κ2) is 7.78. The molecule has 4 unspecified atom stereocenters. The fourth-order valence-electron chi connectivity index (χ4n) is 4.80. The zero-order valence-corrected chi connectivity index (χ0v) is 14.3. The van der Waals surface area contributed by atoms with Gasteiger partial charge in [0.25, 0.3) is 0 Å². The SMILES string of the molecule is CCNC(CCc1ccsc1)C1CCC2CCCCC2C1. The molecule has 0 amide bonds. The maximum atomic E-state index is 3.81. The van der Waals surface area contributed by atoms with E-state index in [9.17, 15) is 0 Å². The van der Waals surface area contributed by atoms with Gasteiger partial charge >= 0.3 is 0 Å². The molecule has 1 aromatic heterocycles. The minimum absolute atomic E-state index is 0.748. The number of aryl methyl sites for hydroxylation is 1. The van der Waals surface area contributed by atoms with Crippen LogP contribution in [0.4, 0.5) is 0 Å². The van der Waals surface area contributed by atoms with Crippen LogP contribution in [-0.4, -0.2) is 12.6 Å². The molecule has 2 aliphatic carbocycles. The number of hydrogen-bond acceptors (Lipinski definition) is 2. The molecule has 2 heteroatoms. The Kier molecular flexibility index (Phi) is 5.76. The Labute approximate surface area is 134 Å². The fraction of sp³-hybridized carbons (Fsp3) is 0.789. The summed E-state index contributed by atoms with van der Waals surface area (Å²) in [5.41, 5.74) is 1.54. The molecule has 118 valence electrons. The van der Waals surface area contributed by atoms with Crippen molar-refractivity contribution in [3.63, 3.8) is 0 Å². The standard InChI is InChI=1S/C19H31NS/c1-2-20-19(10-7-15-11-12-21-14-15)18-9-8-16-5-3-4-6-17(16)13-18/h11-12,14,16-20H,2-10,13H2,1H3. The molecule has 0 radical (unpaired) electrons. The van der Waals surface area contributed by atoms with Crippen molar-refractivity contribution in [3.8, 4) is 0 Å². The molecule has 1 aromatic rings. The quantitative estimate of drug-likeness (QED) is 0.755. The Morgan fingerprint density at radius 2 is 2.05 bits per heavy atom. The van der Waals surface area contributed by atoms with Gasteiger partial charge in [-0.3, -0.25) is 0 Å². The lowest BCUT2D eigenvalue weighted by Gasteiger charge is -2.42. The molecule has 2 aliphatic rings. The van der Waals surface area contributed by atoms with E-state index in [-0.39, 0.29) is 0 Å². The summed E-state index contributed by atoms with van der Waals surface area (Å²) in [4.78, 5) is 0. The third-order valence-corrected chi connectivity index (χ3v) is 6.67. The molecule has 1 heterocycles. The van der Waals surface area contributed by atoms with Crippen LogP contribution in [0.3, 0.4) is 0 Å². The Morgan fingerprint density at radius 1 is 1.19 bits per heavy atom. The lowest BCUT2D eigenvalue weighted by Crippen LogP contribution is -2.41. The van der Waals surface area contributed by atoms with Gasteiger partial charge in [-0.1, -0.05) is 32.6 Å². The average molecular weight is 306 g/mol. The van der Waals surface area contributed by atoms with Crippen molar-refractivity contribution in [3.05, 3.63) is 22.4 Å². The zero-order valence-electron chi connectivity index (χ0n) is 13.5. The van der Waals surface area contributed by atoms with E-state index in [4.69, 9.17) is 0 Å². The Morgan fingerprint density at radius 3 is 2.81 bits per heavy atom. The number of nitrogens with one attached hydrogen (secondary N) is 1. The summed E-state index contributed by atoms with van der Waals surface area (Å²) in [5.74, 6) is 3.07. The highest BCUT2D eigenvalue weighted by molar-refractivity contribution is 7.07. The van der Waals surface area contributed by atoms with Gasteiger partial charge in [0.15, 0.2) is 0 Å². The smallest absolute Gasteiger partial charge is 0.00984 e. The summed E-state index contributed by atoms with van der Waals surface area (Å²) in [7, 11) is 0. The molecular weight excluding hydrogens is 274 g/mol. The van der Waals surface area contributed by atoms with Gasteiger partial charge in [0, 0.05) is 6.04 Å². The van der Waals surface area contributed by atoms with Crippen LogP contribution < -0.4 is 5.32 Å². The third-order valence-electron chi connectivity index (χ3n) is 5.94. The largest absolute Gasteiger partial charge is 0.314 e. The summed E-state index contributed by atoms with van der Waals surface area (Å²) in [5, 5.41) is 8.35. The highest BCUT2D eigenvalue weighted by atomic mass is 32.1. The highest BCUT2D eigenvalue weighted by Crippen LogP contribution is 2.44. The first-order chi connectivity index (χ1) is 10.4. The van der Waals surface area contributed by atoms with Crippen molar-refractivity contribution >= 4 is 11.3 Å². The van der Waals surface area contributed by atoms with Crippen LogP contribution >= 0.6 is 11.3 Å². The van der Waals surface area contributed by atoms with Crippen molar-refractivity contribution in [2.45, 2.75) is 70.8 Å². The van der Waals surface area contributed by atoms with Crippen molar-refractivity contribution < 1.29 is 0 Å². The third kappa shape index (κ3) is 4.10. The van der Waals surface area contributed by atoms with E-state index >= 15 is 0 Å². The van der Waals surface area contributed by atoms with Crippen LogP contribution in [0.5, 0.6) is 0 Å². The van der Waals surface area contributed by atoms with Gasteiger partial charge in [0.2, 0.25) is 0 Å². The molecule has 4 atom stereocenters. The van der Waals surface area contributed by atoms with Crippen LogP contribution in [0.1, 0.15) is 63.9 Å². The van der Waals surface area contributed by atoms with Crippen LogP contribution in [0, 0.1) is 17.8 Å². The second-order valence-electron chi connectivity index (χ2n) is 7.21. The molecule has 3 rings (SSSR count). The molecule has 0 spiro atoms. The lowest BCUT2D eigenvalue weighted by atomic mass is 9.65. The van der Waals surface area contributed by atoms with E-state index in [2.05, 4.69) is 29.1 Å². The van der Waals surface area contributed by atoms with Crippen molar-refractivity contribution in [2.24, 2.45) is 17.8 Å². The lowest BCUT2D eigenvalue weighted by molar-refractivity contribution is 0.107. The maximum Gasteiger partial charge on any atom is 0.00984 e. The Bertz CT molecular complexity index is 400. The van der Waals surface area contributed by atoms with Crippen LogP contribution in [0.2, 0.25) is 0 Å². The minimum Gasteiger partial charge on any atom is -0.314 e. The first-order valence-corrected chi connectivity index (χ1v) is 10.1. The Balaban J connectivity index is 1.55. The first kappa shape index (κ1) is 15.6. The molecule has 21 heavy (non-hydrogen) atoms. The predicted molar refractivity (Wildman–Crippen MR) is 92.9 cm³/mol. The average Bonchev–Trinajstić information content (AvgIpc) is 3.04. The van der Waals surface area contributed by atoms with Gasteiger partial charge in [0.1, 0.15) is 0 Å². The summed E-state index contributed by atoms with van der Waals surface area (Å²) in [6.45, 7) is 3.39. The van der Waals surface area contributed by atoms with Gasteiger partial charge < -0.3 is 5.32 Å². The zero-order chi connectivity index (χ0) is 14.5. The number of rotatable bonds is 6. The number of fused-ring (bicyclic) bond motifs is 1. The number of thiophene rings is 1.